The van der Waals surface area contributed by atoms with Gasteiger partial charge in [0.25, 0.3) is 5.91 Å². The largest absolute Gasteiger partial charge is 0.488 e. The first kappa shape index (κ1) is 22.0. The van der Waals surface area contributed by atoms with Gasteiger partial charge in [0.15, 0.2) is 0 Å². The first-order valence-electron chi connectivity index (χ1n) is 9.96. The van der Waals surface area contributed by atoms with E-state index < -0.39 is 6.03 Å². The third-order valence-corrected chi connectivity index (χ3v) is 5.78. The Morgan fingerprint density at radius 1 is 1.03 bits per heavy atom. The van der Waals surface area contributed by atoms with Crippen molar-refractivity contribution in [2.45, 2.75) is 20.1 Å². The average molecular weight is 542 g/mol. The SMILES string of the molecule is Cc1cccc(CN2C(=O)N/C(=C/c3ccc(OCc4cccc(F)c4)c(I)c3)C2=O)c1. The van der Waals surface area contributed by atoms with E-state index in [1.54, 1.807) is 30.3 Å². The summed E-state index contributed by atoms with van der Waals surface area (Å²) < 4.78 is 20.0. The number of amides is 3. The predicted octanol–water partition coefficient (Wildman–Crippen LogP) is 5.41. The van der Waals surface area contributed by atoms with Crippen LogP contribution in [0.15, 0.2) is 72.4 Å². The molecular weight excluding hydrogens is 522 g/mol. The van der Waals surface area contributed by atoms with E-state index in [9.17, 15) is 14.0 Å². The maximum atomic E-state index is 13.3. The summed E-state index contributed by atoms with van der Waals surface area (Å²) >= 11 is 2.14. The second kappa shape index (κ2) is 9.52. The molecule has 1 N–H and O–H groups in total. The lowest BCUT2D eigenvalue weighted by atomic mass is 10.1. The summed E-state index contributed by atoms with van der Waals surface area (Å²) in [7, 11) is 0. The molecule has 0 unspecified atom stereocenters. The molecule has 1 aliphatic rings. The number of nitrogens with zero attached hydrogens (tertiary/aromatic N) is 1. The average Bonchev–Trinajstić information content (AvgIpc) is 3.01. The van der Waals surface area contributed by atoms with Gasteiger partial charge in [-0.15, -0.1) is 0 Å². The molecule has 32 heavy (non-hydrogen) atoms. The highest BCUT2D eigenvalue weighted by molar-refractivity contribution is 14.1. The van der Waals surface area contributed by atoms with Gasteiger partial charge < -0.3 is 10.1 Å². The fraction of sp³-hybridized carbons (Fsp3) is 0.120. The first-order chi connectivity index (χ1) is 15.4. The Kier molecular flexibility index (Phi) is 6.55. The molecule has 3 amide bonds. The van der Waals surface area contributed by atoms with Gasteiger partial charge in [-0.05, 0) is 76.5 Å². The highest BCUT2D eigenvalue weighted by Crippen LogP contribution is 2.25. The van der Waals surface area contributed by atoms with E-state index in [1.807, 2.05) is 37.3 Å². The van der Waals surface area contributed by atoms with Gasteiger partial charge in [0.05, 0.1) is 10.1 Å². The number of aryl methyl sites for hydroxylation is 1. The van der Waals surface area contributed by atoms with E-state index in [-0.39, 0.29) is 30.6 Å². The molecule has 1 heterocycles. The Balaban J connectivity index is 1.45. The van der Waals surface area contributed by atoms with E-state index in [0.29, 0.717) is 5.75 Å². The molecule has 0 saturated carbocycles. The van der Waals surface area contributed by atoms with Crippen LogP contribution < -0.4 is 10.1 Å². The molecule has 1 fully saturated rings. The Bertz CT molecular complexity index is 1230. The van der Waals surface area contributed by atoms with Crippen molar-refractivity contribution in [1.82, 2.24) is 10.2 Å². The second-order valence-corrected chi connectivity index (χ2v) is 8.64. The Morgan fingerprint density at radius 3 is 2.56 bits per heavy atom. The fourth-order valence-corrected chi connectivity index (χ4v) is 4.08. The summed E-state index contributed by atoms with van der Waals surface area (Å²) in [5.41, 5.74) is 3.68. The maximum absolute atomic E-state index is 13.3. The molecule has 0 aliphatic carbocycles. The standard InChI is InChI=1S/C25H20FIN2O3/c1-16-4-2-5-18(10-16)14-29-24(30)22(28-25(29)31)13-17-8-9-23(21(27)12-17)32-15-19-6-3-7-20(26)11-19/h2-13H,14-15H2,1H3,(H,28,31)/b22-13+. The molecule has 3 aromatic carbocycles. The molecule has 0 radical (unpaired) electrons. The molecular formula is C25H20FIN2O3. The summed E-state index contributed by atoms with van der Waals surface area (Å²) in [6.07, 6.45) is 1.65. The van der Waals surface area contributed by atoms with Crippen LogP contribution in [0.1, 0.15) is 22.3 Å². The smallest absolute Gasteiger partial charge is 0.329 e. The monoisotopic (exact) mass is 542 g/mol. The lowest BCUT2D eigenvalue weighted by Crippen LogP contribution is -2.30. The minimum atomic E-state index is -0.438. The van der Waals surface area contributed by atoms with E-state index in [2.05, 4.69) is 27.9 Å². The van der Waals surface area contributed by atoms with Gasteiger partial charge in [-0.3, -0.25) is 9.69 Å². The van der Waals surface area contributed by atoms with E-state index in [4.69, 9.17) is 4.74 Å². The number of imide groups is 1. The maximum Gasteiger partial charge on any atom is 0.329 e. The van der Waals surface area contributed by atoms with E-state index >= 15 is 0 Å². The number of hydrogen-bond acceptors (Lipinski definition) is 3. The minimum Gasteiger partial charge on any atom is -0.488 e. The van der Waals surface area contributed by atoms with Gasteiger partial charge in [0.2, 0.25) is 0 Å². The van der Waals surface area contributed by atoms with Crippen molar-refractivity contribution in [1.29, 1.82) is 0 Å². The Morgan fingerprint density at radius 2 is 1.81 bits per heavy atom. The molecule has 3 aromatic rings. The van der Waals surface area contributed by atoms with Crippen LogP contribution in [0.5, 0.6) is 5.75 Å². The second-order valence-electron chi connectivity index (χ2n) is 7.48. The van der Waals surface area contributed by atoms with Crippen LogP contribution in [0.4, 0.5) is 9.18 Å². The summed E-state index contributed by atoms with van der Waals surface area (Å²) in [6, 6.07) is 19.0. The highest BCUT2D eigenvalue weighted by Gasteiger charge is 2.33. The van der Waals surface area contributed by atoms with Crippen LogP contribution in [-0.4, -0.2) is 16.8 Å². The van der Waals surface area contributed by atoms with Gasteiger partial charge >= 0.3 is 6.03 Å². The van der Waals surface area contributed by atoms with Crippen LogP contribution in [0, 0.1) is 16.3 Å². The van der Waals surface area contributed by atoms with Crippen LogP contribution >= 0.6 is 22.6 Å². The van der Waals surface area contributed by atoms with Crippen molar-refractivity contribution in [3.8, 4) is 5.75 Å². The van der Waals surface area contributed by atoms with Gasteiger partial charge in [-0.2, -0.15) is 0 Å². The van der Waals surface area contributed by atoms with Crippen molar-refractivity contribution in [3.05, 3.63) is 104 Å². The van der Waals surface area contributed by atoms with Crippen molar-refractivity contribution >= 4 is 40.6 Å². The molecule has 7 heteroatoms. The van der Waals surface area contributed by atoms with Crippen LogP contribution in [0.3, 0.4) is 0 Å². The topological polar surface area (TPSA) is 58.6 Å². The molecule has 0 atom stereocenters. The van der Waals surface area contributed by atoms with Crippen molar-refractivity contribution in [2.75, 3.05) is 0 Å². The van der Waals surface area contributed by atoms with Crippen LogP contribution in [0.2, 0.25) is 0 Å². The summed E-state index contributed by atoms with van der Waals surface area (Å²) in [5, 5.41) is 2.65. The van der Waals surface area contributed by atoms with Gasteiger partial charge in [0.1, 0.15) is 23.9 Å². The number of hydrogen-bond donors (Lipinski definition) is 1. The third kappa shape index (κ3) is 5.16. The number of carbonyl (C=O) groups excluding carboxylic acids is 2. The molecule has 1 aliphatic heterocycles. The quantitative estimate of drug-likeness (QED) is 0.258. The molecule has 0 spiro atoms. The van der Waals surface area contributed by atoms with Crippen LogP contribution in [-0.2, 0) is 17.9 Å². The summed E-state index contributed by atoms with van der Waals surface area (Å²) in [6.45, 7) is 2.43. The van der Waals surface area contributed by atoms with Gasteiger partial charge in [-0.1, -0.05) is 48.0 Å². The Labute approximate surface area is 199 Å². The van der Waals surface area contributed by atoms with E-state index in [0.717, 1.165) is 25.8 Å². The van der Waals surface area contributed by atoms with Crippen molar-refractivity contribution in [3.63, 3.8) is 0 Å². The number of benzene rings is 3. The summed E-state index contributed by atoms with van der Waals surface area (Å²) in [5.74, 6) is -0.0136. The predicted molar refractivity (Wildman–Crippen MR) is 128 cm³/mol. The van der Waals surface area contributed by atoms with Gasteiger partial charge in [-0.25, -0.2) is 9.18 Å². The first-order valence-corrected chi connectivity index (χ1v) is 11.0. The molecule has 0 aromatic heterocycles. The van der Waals surface area contributed by atoms with Gasteiger partial charge in [0, 0.05) is 0 Å². The molecule has 5 nitrogen and oxygen atoms in total. The number of carbonyl (C=O) groups is 2. The number of rotatable bonds is 6. The molecule has 0 bridgehead atoms. The highest BCUT2D eigenvalue weighted by atomic mass is 127. The zero-order chi connectivity index (χ0) is 22.7. The zero-order valence-corrected chi connectivity index (χ0v) is 19.4. The fourth-order valence-electron chi connectivity index (χ4n) is 3.39. The number of halogens is 2. The summed E-state index contributed by atoms with van der Waals surface area (Å²) in [4.78, 5) is 26.3. The lowest BCUT2D eigenvalue weighted by molar-refractivity contribution is -0.123. The number of ether oxygens (including phenoxy) is 1. The van der Waals surface area contributed by atoms with E-state index in [1.165, 1.54) is 17.0 Å². The third-order valence-electron chi connectivity index (χ3n) is 4.94. The van der Waals surface area contributed by atoms with Crippen molar-refractivity contribution in [2.24, 2.45) is 0 Å². The minimum absolute atomic E-state index is 0.216. The number of urea groups is 1. The van der Waals surface area contributed by atoms with Crippen LogP contribution in [0.25, 0.3) is 6.08 Å². The lowest BCUT2D eigenvalue weighted by Gasteiger charge is -2.12. The Hall–Kier alpha value is -3.20. The zero-order valence-electron chi connectivity index (χ0n) is 17.3. The number of nitrogens with one attached hydrogen (secondary N) is 1. The molecule has 162 valence electrons. The molecule has 4 rings (SSSR count). The normalized spacial score (nSPS) is 14.7. The molecule has 1 saturated heterocycles. The van der Waals surface area contributed by atoms with Crippen molar-refractivity contribution < 1.29 is 18.7 Å².